The van der Waals surface area contributed by atoms with Gasteiger partial charge in [-0.05, 0) is 48.8 Å². The average Bonchev–Trinajstić information content (AvgIpc) is 2.82. The number of benzene rings is 1. The summed E-state index contributed by atoms with van der Waals surface area (Å²) in [5.74, 6) is 1.15. The number of hydrogen-bond acceptors (Lipinski definition) is 2. The molecule has 2 aliphatic rings. The van der Waals surface area contributed by atoms with Crippen LogP contribution in [0.15, 0.2) is 18.2 Å². The van der Waals surface area contributed by atoms with Crippen molar-refractivity contribution in [2.45, 2.75) is 39.2 Å². The molecule has 1 aromatic rings. The van der Waals surface area contributed by atoms with Gasteiger partial charge in [0, 0.05) is 11.6 Å². The SMILES string of the molecule is CC1(C)[C@@H]2CC[C@@H]1[C@H](OC(=O)Nc1ccc(Cl)c(Cl)c1)C2. The summed E-state index contributed by atoms with van der Waals surface area (Å²) < 4.78 is 5.63. The van der Waals surface area contributed by atoms with Gasteiger partial charge in [-0.15, -0.1) is 0 Å². The van der Waals surface area contributed by atoms with Crippen LogP contribution in [0.25, 0.3) is 0 Å². The van der Waals surface area contributed by atoms with E-state index in [0.717, 1.165) is 12.8 Å². The minimum absolute atomic E-state index is 0.0292. The highest BCUT2D eigenvalue weighted by Crippen LogP contribution is 2.58. The van der Waals surface area contributed by atoms with Crippen LogP contribution in [0.4, 0.5) is 10.5 Å². The fourth-order valence-electron chi connectivity index (χ4n) is 3.95. The Kier molecular flexibility index (Phi) is 3.83. The molecule has 0 heterocycles. The molecule has 1 aromatic carbocycles. The minimum atomic E-state index is -0.415. The van der Waals surface area contributed by atoms with Crippen molar-refractivity contribution < 1.29 is 9.53 Å². The Balaban J connectivity index is 1.61. The van der Waals surface area contributed by atoms with Crippen molar-refractivity contribution in [2.75, 3.05) is 5.32 Å². The Hall–Kier alpha value is -0.930. The molecule has 2 bridgehead atoms. The minimum Gasteiger partial charge on any atom is -0.446 e. The van der Waals surface area contributed by atoms with E-state index in [1.807, 2.05) is 0 Å². The Labute approximate surface area is 135 Å². The van der Waals surface area contributed by atoms with Gasteiger partial charge < -0.3 is 4.74 Å². The van der Waals surface area contributed by atoms with Gasteiger partial charge >= 0.3 is 6.09 Å². The summed E-state index contributed by atoms with van der Waals surface area (Å²) in [6.07, 6.45) is 3.00. The molecule has 2 fully saturated rings. The number of carbonyl (C=O) groups excluding carboxylic acids is 1. The van der Waals surface area contributed by atoms with E-state index in [-0.39, 0.29) is 11.5 Å². The van der Waals surface area contributed by atoms with E-state index in [1.54, 1.807) is 18.2 Å². The van der Waals surface area contributed by atoms with E-state index in [4.69, 9.17) is 27.9 Å². The summed E-state index contributed by atoms with van der Waals surface area (Å²) in [5.41, 5.74) is 0.881. The first-order valence-corrected chi connectivity index (χ1v) is 8.06. The third kappa shape index (κ3) is 2.74. The summed E-state index contributed by atoms with van der Waals surface area (Å²) in [6.45, 7) is 4.57. The molecule has 0 saturated heterocycles. The van der Waals surface area contributed by atoms with Crippen LogP contribution in [-0.4, -0.2) is 12.2 Å². The van der Waals surface area contributed by atoms with E-state index in [1.165, 1.54) is 6.42 Å². The first kappa shape index (κ1) is 15.0. The van der Waals surface area contributed by atoms with Crippen molar-refractivity contribution in [3.63, 3.8) is 0 Å². The van der Waals surface area contributed by atoms with Crippen molar-refractivity contribution in [2.24, 2.45) is 17.3 Å². The molecule has 5 heteroatoms. The predicted octanol–water partition coefficient (Wildman–Crippen LogP) is 5.37. The van der Waals surface area contributed by atoms with Crippen LogP contribution in [0.2, 0.25) is 10.0 Å². The van der Waals surface area contributed by atoms with Gasteiger partial charge in [-0.25, -0.2) is 4.79 Å². The number of fused-ring (bicyclic) bond motifs is 2. The van der Waals surface area contributed by atoms with Gasteiger partial charge in [0.1, 0.15) is 6.10 Å². The van der Waals surface area contributed by atoms with Crippen LogP contribution in [0.3, 0.4) is 0 Å². The molecule has 1 amide bonds. The molecule has 1 N–H and O–H groups in total. The summed E-state index contributed by atoms with van der Waals surface area (Å²) in [7, 11) is 0. The molecule has 21 heavy (non-hydrogen) atoms. The van der Waals surface area contributed by atoms with Crippen molar-refractivity contribution in [3.05, 3.63) is 28.2 Å². The fourth-order valence-corrected chi connectivity index (χ4v) is 4.25. The number of hydrogen-bond donors (Lipinski definition) is 1. The quantitative estimate of drug-likeness (QED) is 0.793. The Morgan fingerprint density at radius 3 is 2.62 bits per heavy atom. The largest absolute Gasteiger partial charge is 0.446 e. The molecule has 0 spiro atoms. The molecular weight excluding hydrogens is 309 g/mol. The number of halogens is 2. The molecule has 0 radical (unpaired) electrons. The van der Waals surface area contributed by atoms with Crippen LogP contribution >= 0.6 is 23.2 Å². The molecule has 114 valence electrons. The third-order valence-electron chi connectivity index (χ3n) is 5.22. The molecule has 0 unspecified atom stereocenters. The number of rotatable bonds is 2. The second kappa shape index (κ2) is 5.36. The second-order valence-corrected chi connectivity index (χ2v) is 7.45. The van der Waals surface area contributed by atoms with Gasteiger partial charge in [0.2, 0.25) is 0 Å². The predicted molar refractivity (Wildman–Crippen MR) is 85.0 cm³/mol. The zero-order valence-electron chi connectivity index (χ0n) is 12.2. The Morgan fingerprint density at radius 2 is 2.05 bits per heavy atom. The molecule has 3 rings (SSSR count). The highest BCUT2D eigenvalue weighted by atomic mass is 35.5. The van der Waals surface area contributed by atoms with Crippen LogP contribution in [0.1, 0.15) is 33.1 Å². The zero-order chi connectivity index (χ0) is 15.2. The van der Waals surface area contributed by atoms with Crippen molar-refractivity contribution >= 4 is 35.0 Å². The molecule has 0 aliphatic heterocycles. The second-order valence-electron chi connectivity index (χ2n) is 6.64. The van der Waals surface area contributed by atoms with Gasteiger partial charge in [0.05, 0.1) is 10.0 Å². The first-order valence-electron chi connectivity index (χ1n) is 7.30. The summed E-state index contributed by atoms with van der Waals surface area (Å²) in [5, 5.41) is 3.60. The third-order valence-corrected chi connectivity index (χ3v) is 5.96. The van der Waals surface area contributed by atoms with Crippen LogP contribution in [-0.2, 0) is 4.74 Å². The Bertz CT molecular complexity index is 573. The van der Waals surface area contributed by atoms with E-state index in [9.17, 15) is 4.79 Å². The van der Waals surface area contributed by atoms with E-state index < -0.39 is 6.09 Å². The monoisotopic (exact) mass is 327 g/mol. The van der Waals surface area contributed by atoms with Crippen molar-refractivity contribution in [3.8, 4) is 0 Å². The maximum Gasteiger partial charge on any atom is 0.411 e. The maximum atomic E-state index is 12.0. The zero-order valence-corrected chi connectivity index (χ0v) is 13.7. The van der Waals surface area contributed by atoms with E-state index >= 15 is 0 Å². The Morgan fingerprint density at radius 1 is 1.29 bits per heavy atom. The average molecular weight is 328 g/mol. The van der Waals surface area contributed by atoms with Gasteiger partial charge in [0.15, 0.2) is 0 Å². The molecule has 2 aliphatic carbocycles. The molecule has 0 aromatic heterocycles. The lowest BCUT2D eigenvalue weighted by Crippen LogP contribution is -2.29. The molecular formula is C16H19Cl2NO2. The highest BCUT2D eigenvalue weighted by Gasteiger charge is 2.54. The lowest BCUT2D eigenvalue weighted by atomic mass is 9.82. The van der Waals surface area contributed by atoms with Crippen molar-refractivity contribution in [1.29, 1.82) is 0 Å². The number of amides is 1. The maximum absolute atomic E-state index is 12.0. The van der Waals surface area contributed by atoms with Gasteiger partial charge in [0.25, 0.3) is 0 Å². The molecule has 3 atom stereocenters. The normalized spacial score (nSPS) is 29.4. The number of ether oxygens (including phenoxy) is 1. The summed E-state index contributed by atoms with van der Waals surface area (Å²) in [4.78, 5) is 12.0. The number of nitrogens with one attached hydrogen (secondary N) is 1. The molecule has 2 saturated carbocycles. The lowest BCUT2D eigenvalue weighted by Gasteiger charge is -2.26. The smallest absolute Gasteiger partial charge is 0.411 e. The lowest BCUT2D eigenvalue weighted by molar-refractivity contribution is 0.0642. The van der Waals surface area contributed by atoms with Gasteiger partial charge in [-0.2, -0.15) is 0 Å². The van der Waals surface area contributed by atoms with E-state index in [2.05, 4.69) is 19.2 Å². The van der Waals surface area contributed by atoms with Crippen LogP contribution in [0, 0.1) is 17.3 Å². The summed E-state index contributed by atoms with van der Waals surface area (Å²) in [6, 6.07) is 4.98. The van der Waals surface area contributed by atoms with Gasteiger partial charge in [-0.1, -0.05) is 37.0 Å². The van der Waals surface area contributed by atoms with Crippen LogP contribution < -0.4 is 5.32 Å². The van der Waals surface area contributed by atoms with Crippen LogP contribution in [0.5, 0.6) is 0 Å². The number of anilines is 1. The topological polar surface area (TPSA) is 38.3 Å². The first-order chi connectivity index (χ1) is 9.88. The van der Waals surface area contributed by atoms with Gasteiger partial charge in [-0.3, -0.25) is 5.32 Å². The molecule has 3 nitrogen and oxygen atoms in total. The fraction of sp³-hybridized carbons (Fsp3) is 0.562. The van der Waals surface area contributed by atoms with E-state index in [0.29, 0.717) is 27.6 Å². The highest BCUT2D eigenvalue weighted by molar-refractivity contribution is 6.42. The number of carbonyl (C=O) groups is 1. The van der Waals surface area contributed by atoms with Crippen molar-refractivity contribution in [1.82, 2.24) is 0 Å². The summed E-state index contributed by atoms with van der Waals surface area (Å²) >= 11 is 11.8. The standard InChI is InChI=1S/C16H19Cl2NO2/c1-16(2)9-3-5-11(16)14(7-9)21-15(20)19-10-4-6-12(17)13(18)8-10/h4,6,8-9,11,14H,3,5,7H2,1-2H3,(H,19,20)/t9-,11-,14-/m1/s1.